The molecule has 2 aromatic rings. The van der Waals surface area contributed by atoms with E-state index in [1.807, 2.05) is 18.2 Å². The predicted octanol–water partition coefficient (Wildman–Crippen LogP) is -1.20. The van der Waals surface area contributed by atoms with Crippen molar-refractivity contribution >= 4 is 24.7 Å². The second-order valence-corrected chi connectivity index (χ2v) is 4.34. The molecule has 1 aromatic carbocycles. The van der Waals surface area contributed by atoms with Gasteiger partial charge in [-0.3, -0.25) is 4.79 Å². The van der Waals surface area contributed by atoms with E-state index in [1.54, 1.807) is 41.2 Å². The average Bonchev–Trinajstić information content (AvgIpc) is 2.48. The minimum absolute atomic E-state index is 0.155. The zero-order valence-corrected chi connectivity index (χ0v) is 11.3. The maximum absolute atomic E-state index is 11.7. The number of hydrazone groups is 1. The molecule has 106 valence electrons. The highest BCUT2D eigenvalue weighted by atomic mass is 16.4. The highest BCUT2D eigenvalue weighted by molar-refractivity contribution is 6.60. The van der Waals surface area contributed by atoms with Gasteiger partial charge < -0.3 is 10.0 Å². The van der Waals surface area contributed by atoms with Crippen molar-refractivity contribution in [1.29, 1.82) is 0 Å². The van der Waals surface area contributed by atoms with Gasteiger partial charge in [-0.2, -0.15) is 9.67 Å². The van der Waals surface area contributed by atoms with E-state index in [0.29, 0.717) is 11.0 Å². The standard InChI is InChI=1S/C14H14BN3O3/c19-14(11-18-8-4-1-5-9-18)17-16-10-12-6-2-3-7-13(12)15(20)21/h1-10,20-21H,11H2/p+1/b16-10-. The molecule has 0 aliphatic rings. The van der Waals surface area contributed by atoms with Gasteiger partial charge in [0.15, 0.2) is 12.4 Å². The summed E-state index contributed by atoms with van der Waals surface area (Å²) in [4.78, 5) is 11.7. The first-order valence-electron chi connectivity index (χ1n) is 6.38. The molecule has 7 heteroatoms. The van der Waals surface area contributed by atoms with Crippen LogP contribution in [0.3, 0.4) is 0 Å². The highest BCUT2D eigenvalue weighted by Crippen LogP contribution is 1.93. The Bertz CT molecular complexity index is 632. The first-order valence-corrected chi connectivity index (χ1v) is 6.38. The Labute approximate surface area is 122 Å². The smallest absolute Gasteiger partial charge is 0.423 e. The van der Waals surface area contributed by atoms with Gasteiger partial charge in [0.05, 0.1) is 6.21 Å². The van der Waals surface area contributed by atoms with Crippen LogP contribution in [0.2, 0.25) is 0 Å². The van der Waals surface area contributed by atoms with Gasteiger partial charge in [0.1, 0.15) is 0 Å². The molecule has 3 N–H and O–H groups in total. The largest absolute Gasteiger partial charge is 0.489 e. The van der Waals surface area contributed by atoms with Crippen LogP contribution in [0.5, 0.6) is 0 Å². The van der Waals surface area contributed by atoms with Crippen molar-refractivity contribution in [3.05, 3.63) is 60.4 Å². The van der Waals surface area contributed by atoms with Gasteiger partial charge in [-0.15, -0.1) is 0 Å². The van der Waals surface area contributed by atoms with Crippen molar-refractivity contribution in [3.8, 4) is 0 Å². The number of aromatic nitrogens is 1. The number of carbonyl (C=O) groups is 1. The van der Waals surface area contributed by atoms with Crippen LogP contribution in [0.25, 0.3) is 0 Å². The first-order chi connectivity index (χ1) is 10.2. The van der Waals surface area contributed by atoms with E-state index >= 15 is 0 Å². The number of hydrogen-bond donors (Lipinski definition) is 3. The molecule has 0 aliphatic carbocycles. The van der Waals surface area contributed by atoms with E-state index in [-0.39, 0.29) is 12.5 Å². The lowest BCUT2D eigenvalue weighted by Crippen LogP contribution is -2.41. The fourth-order valence-corrected chi connectivity index (χ4v) is 1.78. The van der Waals surface area contributed by atoms with Crippen LogP contribution in [0.1, 0.15) is 5.56 Å². The normalized spacial score (nSPS) is 10.6. The molecule has 0 radical (unpaired) electrons. The summed E-state index contributed by atoms with van der Waals surface area (Å²) in [7, 11) is -1.58. The van der Waals surface area contributed by atoms with E-state index in [2.05, 4.69) is 10.5 Å². The number of carbonyl (C=O) groups excluding carboxylic acids is 1. The van der Waals surface area contributed by atoms with Crippen LogP contribution >= 0.6 is 0 Å². The summed E-state index contributed by atoms with van der Waals surface area (Å²) < 4.78 is 1.72. The third-order valence-corrected chi connectivity index (χ3v) is 2.77. The second kappa shape index (κ2) is 7.32. The van der Waals surface area contributed by atoms with Crippen molar-refractivity contribution in [3.63, 3.8) is 0 Å². The summed E-state index contributed by atoms with van der Waals surface area (Å²) in [6, 6.07) is 12.2. The van der Waals surface area contributed by atoms with Gasteiger partial charge in [-0.05, 0) is 11.0 Å². The number of nitrogens with one attached hydrogen (secondary N) is 1. The minimum atomic E-state index is -1.58. The lowest BCUT2D eigenvalue weighted by atomic mass is 9.77. The molecule has 0 atom stereocenters. The van der Waals surface area contributed by atoms with Gasteiger partial charge in [-0.1, -0.05) is 30.3 Å². The van der Waals surface area contributed by atoms with Crippen LogP contribution in [-0.2, 0) is 11.3 Å². The average molecular weight is 284 g/mol. The molecular weight excluding hydrogens is 269 g/mol. The SMILES string of the molecule is O=C(C[n+]1ccccc1)N/N=C\c1ccccc1B(O)O. The Balaban J connectivity index is 1.95. The predicted molar refractivity (Wildman–Crippen MR) is 78.6 cm³/mol. The number of rotatable bonds is 5. The Hall–Kier alpha value is -2.51. The lowest BCUT2D eigenvalue weighted by Gasteiger charge is -2.03. The molecule has 2 rings (SSSR count). The third kappa shape index (κ3) is 4.52. The van der Waals surface area contributed by atoms with Crippen LogP contribution in [0.15, 0.2) is 60.0 Å². The zero-order chi connectivity index (χ0) is 15.1. The zero-order valence-electron chi connectivity index (χ0n) is 11.3. The van der Waals surface area contributed by atoms with Gasteiger partial charge in [0.2, 0.25) is 6.54 Å². The van der Waals surface area contributed by atoms with Crippen molar-refractivity contribution in [2.45, 2.75) is 6.54 Å². The van der Waals surface area contributed by atoms with Gasteiger partial charge >= 0.3 is 13.0 Å². The summed E-state index contributed by atoms with van der Waals surface area (Å²) in [5, 5.41) is 22.2. The summed E-state index contributed by atoms with van der Waals surface area (Å²) in [5.74, 6) is -0.274. The van der Waals surface area contributed by atoms with Crippen molar-refractivity contribution in [1.82, 2.24) is 5.43 Å². The Morgan fingerprint density at radius 1 is 1.19 bits per heavy atom. The van der Waals surface area contributed by atoms with Crippen molar-refractivity contribution in [2.75, 3.05) is 0 Å². The minimum Gasteiger partial charge on any atom is -0.423 e. The maximum Gasteiger partial charge on any atom is 0.489 e. The molecule has 0 bridgehead atoms. The summed E-state index contributed by atoms with van der Waals surface area (Å²) >= 11 is 0. The Morgan fingerprint density at radius 3 is 2.62 bits per heavy atom. The summed E-state index contributed by atoms with van der Waals surface area (Å²) in [6.45, 7) is 0.155. The van der Waals surface area contributed by atoms with Gasteiger partial charge in [0.25, 0.3) is 0 Å². The van der Waals surface area contributed by atoms with E-state index in [0.717, 1.165) is 0 Å². The quantitative estimate of drug-likeness (QED) is 0.279. The number of benzene rings is 1. The van der Waals surface area contributed by atoms with E-state index in [9.17, 15) is 14.8 Å². The summed E-state index contributed by atoms with van der Waals surface area (Å²) in [6.07, 6.45) is 4.93. The molecule has 1 heterocycles. The van der Waals surface area contributed by atoms with Crippen LogP contribution in [0.4, 0.5) is 0 Å². The molecule has 0 aliphatic heterocycles. The van der Waals surface area contributed by atoms with E-state index in [4.69, 9.17) is 0 Å². The third-order valence-electron chi connectivity index (χ3n) is 2.77. The monoisotopic (exact) mass is 284 g/mol. The molecule has 0 saturated heterocycles. The number of nitrogens with zero attached hydrogens (tertiary/aromatic N) is 2. The molecule has 0 fully saturated rings. The van der Waals surface area contributed by atoms with E-state index < -0.39 is 7.12 Å². The summed E-state index contributed by atoms with van der Waals surface area (Å²) in [5.41, 5.74) is 3.25. The van der Waals surface area contributed by atoms with Crippen LogP contribution in [-0.4, -0.2) is 29.3 Å². The molecule has 1 aromatic heterocycles. The molecular formula is C14H15BN3O3+. The van der Waals surface area contributed by atoms with Crippen molar-refractivity contribution in [2.24, 2.45) is 5.10 Å². The fraction of sp³-hybridized carbons (Fsp3) is 0.0714. The second-order valence-electron chi connectivity index (χ2n) is 4.34. The molecule has 1 amide bonds. The van der Waals surface area contributed by atoms with Crippen LogP contribution < -0.4 is 15.5 Å². The van der Waals surface area contributed by atoms with Crippen LogP contribution in [0, 0.1) is 0 Å². The maximum atomic E-state index is 11.7. The number of hydrogen-bond acceptors (Lipinski definition) is 4. The lowest BCUT2D eigenvalue weighted by molar-refractivity contribution is -0.684. The number of amides is 1. The van der Waals surface area contributed by atoms with Gasteiger partial charge in [-0.25, -0.2) is 5.43 Å². The molecule has 0 saturated carbocycles. The first kappa shape index (κ1) is 14.9. The Kier molecular flexibility index (Phi) is 5.19. The number of pyridine rings is 1. The van der Waals surface area contributed by atoms with Gasteiger partial charge in [0, 0.05) is 12.1 Å². The molecule has 0 unspecified atom stereocenters. The Morgan fingerprint density at radius 2 is 1.90 bits per heavy atom. The van der Waals surface area contributed by atoms with Crippen molar-refractivity contribution < 1.29 is 19.4 Å². The highest BCUT2D eigenvalue weighted by Gasteiger charge is 2.14. The molecule has 21 heavy (non-hydrogen) atoms. The molecule has 6 nitrogen and oxygen atoms in total. The topological polar surface area (TPSA) is 85.8 Å². The molecule has 0 spiro atoms. The van der Waals surface area contributed by atoms with E-state index in [1.165, 1.54) is 6.21 Å². The fourth-order valence-electron chi connectivity index (χ4n) is 1.78.